The van der Waals surface area contributed by atoms with E-state index in [1.165, 1.54) is 24.4 Å². The van der Waals surface area contributed by atoms with Gasteiger partial charge < -0.3 is 20.4 Å². The zero-order valence-electron chi connectivity index (χ0n) is 18.4. The first-order valence-corrected chi connectivity index (χ1v) is 11.7. The summed E-state index contributed by atoms with van der Waals surface area (Å²) in [6.07, 6.45) is 1.55. The molecule has 8 nitrogen and oxygen atoms in total. The summed E-state index contributed by atoms with van der Waals surface area (Å²) in [5.41, 5.74) is 2.51. The Morgan fingerprint density at radius 3 is 2.30 bits per heavy atom. The average molecular weight is 463 g/mol. The summed E-state index contributed by atoms with van der Waals surface area (Å²) in [5, 5.41) is 6.32. The molecule has 2 N–H and O–H groups in total. The number of hydrogen-bond acceptors (Lipinski definition) is 7. The quantitative estimate of drug-likeness (QED) is 0.410. The van der Waals surface area contributed by atoms with Crippen molar-refractivity contribution in [2.45, 2.75) is 11.9 Å². The van der Waals surface area contributed by atoms with Gasteiger partial charge in [-0.3, -0.25) is 9.59 Å². The molecule has 9 heteroatoms. The van der Waals surface area contributed by atoms with Gasteiger partial charge in [0.2, 0.25) is 11.8 Å². The van der Waals surface area contributed by atoms with E-state index in [0.717, 1.165) is 37.0 Å². The van der Waals surface area contributed by atoms with Crippen molar-refractivity contribution >= 4 is 46.5 Å². The highest BCUT2D eigenvalue weighted by molar-refractivity contribution is 7.99. The molecule has 3 aromatic rings. The van der Waals surface area contributed by atoms with Gasteiger partial charge in [0.1, 0.15) is 17.2 Å². The van der Waals surface area contributed by atoms with Crippen LogP contribution in [0.4, 0.5) is 22.9 Å². The van der Waals surface area contributed by atoms with Gasteiger partial charge in [0.25, 0.3) is 0 Å². The maximum atomic E-state index is 12.4. The third-order valence-corrected chi connectivity index (χ3v) is 6.10. The van der Waals surface area contributed by atoms with E-state index in [1.807, 2.05) is 12.1 Å². The first-order valence-electron chi connectivity index (χ1n) is 10.7. The van der Waals surface area contributed by atoms with Crippen LogP contribution < -0.4 is 20.4 Å². The number of rotatable bonds is 7. The topological polar surface area (TPSA) is 90.5 Å². The van der Waals surface area contributed by atoms with Gasteiger partial charge in [-0.05, 0) is 30.3 Å². The predicted molar refractivity (Wildman–Crippen MR) is 133 cm³/mol. The summed E-state index contributed by atoms with van der Waals surface area (Å²) < 4.78 is 0. The molecule has 1 aromatic heterocycles. The summed E-state index contributed by atoms with van der Waals surface area (Å²) in [6.45, 7) is 5.05. The number of para-hydroxylation sites is 1. The monoisotopic (exact) mass is 462 g/mol. The molecule has 2 aromatic carbocycles. The van der Waals surface area contributed by atoms with E-state index < -0.39 is 0 Å². The van der Waals surface area contributed by atoms with E-state index in [9.17, 15) is 9.59 Å². The number of amides is 2. The van der Waals surface area contributed by atoms with Crippen LogP contribution in [-0.4, -0.2) is 53.7 Å². The Morgan fingerprint density at radius 1 is 0.879 bits per heavy atom. The second kappa shape index (κ2) is 10.8. The first kappa shape index (κ1) is 22.6. The van der Waals surface area contributed by atoms with Crippen molar-refractivity contribution in [3.63, 3.8) is 0 Å². The fraction of sp³-hybridized carbons (Fsp3) is 0.250. The molecular formula is C24H26N6O2S. The number of carbonyl (C=O) groups is 2. The Kier molecular flexibility index (Phi) is 7.41. The molecule has 1 fully saturated rings. The molecule has 0 spiro atoms. The molecule has 170 valence electrons. The van der Waals surface area contributed by atoms with Crippen molar-refractivity contribution < 1.29 is 9.59 Å². The minimum Gasteiger partial charge on any atom is -0.368 e. The Morgan fingerprint density at radius 2 is 1.58 bits per heavy atom. The second-order valence-electron chi connectivity index (χ2n) is 7.62. The molecule has 2 heterocycles. The Bertz CT molecular complexity index is 1100. The molecule has 1 saturated heterocycles. The Hall–Kier alpha value is -3.59. The van der Waals surface area contributed by atoms with Crippen LogP contribution in [0.25, 0.3) is 0 Å². The van der Waals surface area contributed by atoms with Gasteiger partial charge in [0.15, 0.2) is 0 Å². The zero-order valence-corrected chi connectivity index (χ0v) is 19.2. The predicted octanol–water partition coefficient (Wildman–Crippen LogP) is 3.49. The third-order valence-electron chi connectivity index (χ3n) is 5.17. The van der Waals surface area contributed by atoms with Gasteiger partial charge >= 0.3 is 0 Å². The van der Waals surface area contributed by atoms with Crippen LogP contribution >= 0.6 is 11.8 Å². The maximum absolute atomic E-state index is 12.4. The van der Waals surface area contributed by atoms with Gasteiger partial charge in [-0.25, -0.2) is 9.97 Å². The van der Waals surface area contributed by atoms with E-state index >= 15 is 0 Å². The van der Waals surface area contributed by atoms with Gasteiger partial charge in [0.05, 0.1) is 5.75 Å². The van der Waals surface area contributed by atoms with Crippen LogP contribution in [-0.2, 0) is 9.59 Å². The number of benzene rings is 2. The summed E-state index contributed by atoms with van der Waals surface area (Å²) in [4.78, 5) is 37.0. The van der Waals surface area contributed by atoms with Crippen LogP contribution in [0.2, 0.25) is 0 Å². The van der Waals surface area contributed by atoms with E-state index in [1.54, 1.807) is 30.6 Å². The smallest absolute Gasteiger partial charge is 0.234 e. The number of hydrogen-bond donors (Lipinski definition) is 2. The van der Waals surface area contributed by atoms with Gasteiger partial charge in [0, 0.05) is 56.2 Å². The van der Waals surface area contributed by atoms with Crippen LogP contribution in [0.1, 0.15) is 6.92 Å². The maximum Gasteiger partial charge on any atom is 0.234 e. The molecule has 0 unspecified atom stereocenters. The lowest BCUT2D eigenvalue weighted by Crippen LogP contribution is -2.46. The molecule has 0 radical (unpaired) electrons. The van der Waals surface area contributed by atoms with Crippen molar-refractivity contribution in [2.24, 2.45) is 0 Å². The number of carbonyl (C=O) groups excluding carboxylic acids is 2. The average Bonchev–Trinajstić information content (AvgIpc) is 2.83. The van der Waals surface area contributed by atoms with Crippen molar-refractivity contribution in [1.82, 2.24) is 9.97 Å². The van der Waals surface area contributed by atoms with E-state index in [2.05, 4.69) is 54.7 Å². The molecule has 2 amide bonds. The van der Waals surface area contributed by atoms with E-state index in [-0.39, 0.29) is 17.6 Å². The summed E-state index contributed by atoms with van der Waals surface area (Å²) in [6, 6.07) is 19.4. The Balaban J connectivity index is 1.29. The zero-order chi connectivity index (χ0) is 23.0. The second-order valence-corrected chi connectivity index (χ2v) is 8.62. The van der Waals surface area contributed by atoms with Gasteiger partial charge in [-0.15, -0.1) is 0 Å². The molecule has 0 aliphatic carbocycles. The molecule has 4 rings (SSSR count). The number of nitrogens with one attached hydrogen (secondary N) is 2. The first-order chi connectivity index (χ1) is 16.1. The lowest BCUT2D eigenvalue weighted by Gasteiger charge is -2.36. The molecule has 0 bridgehead atoms. The number of nitrogens with zero attached hydrogens (tertiary/aromatic N) is 4. The third kappa shape index (κ3) is 6.45. The highest BCUT2D eigenvalue weighted by atomic mass is 32.2. The number of piperazine rings is 1. The highest BCUT2D eigenvalue weighted by Gasteiger charge is 2.19. The number of aromatic nitrogens is 2. The molecule has 1 aliphatic rings. The van der Waals surface area contributed by atoms with E-state index in [4.69, 9.17) is 0 Å². The van der Waals surface area contributed by atoms with Gasteiger partial charge in [-0.2, -0.15) is 0 Å². The van der Waals surface area contributed by atoms with E-state index in [0.29, 0.717) is 11.4 Å². The lowest BCUT2D eigenvalue weighted by molar-refractivity contribution is -0.114. The summed E-state index contributed by atoms with van der Waals surface area (Å²) in [5.74, 6) is 0.804. The highest BCUT2D eigenvalue weighted by Crippen LogP contribution is 2.23. The Labute approximate surface area is 197 Å². The molecular weight excluding hydrogens is 436 g/mol. The lowest BCUT2D eigenvalue weighted by atomic mass is 10.2. The fourth-order valence-electron chi connectivity index (χ4n) is 3.63. The van der Waals surface area contributed by atoms with Crippen LogP contribution in [0.3, 0.4) is 0 Å². The van der Waals surface area contributed by atoms with Crippen molar-refractivity contribution in [3.05, 3.63) is 67.0 Å². The standard InChI is InChI=1S/C24H26N6O2S/c1-18(31)27-19-6-5-7-20(14-19)28-23(32)16-33-24-15-22(25-17-26-24)30-12-10-29(11-13-30)21-8-3-2-4-9-21/h2-9,14-15,17H,10-13,16H2,1H3,(H,27,31)(H,28,32). The number of thioether (sulfide) groups is 1. The summed E-state index contributed by atoms with van der Waals surface area (Å²) in [7, 11) is 0. The van der Waals surface area contributed by atoms with Crippen LogP contribution in [0.5, 0.6) is 0 Å². The largest absolute Gasteiger partial charge is 0.368 e. The van der Waals surface area contributed by atoms with Crippen molar-refractivity contribution in [3.8, 4) is 0 Å². The van der Waals surface area contributed by atoms with Crippen molar-refractivity contribution in [1.29, 1.82) is 0 Å². The number of anilines is 4. The molecule has 0 atom stereocenters. The summed E-state index contributed by atoms with van der Waals surface area (Å²) >= 11 is 1.37. The van der Waals surface area contributed by atoms with Gasteiger partial charge in [-0.1, -0.05) is 36.0 Å². The van der Waals surface area contributed by atoms with Crippen LogP contribution in [0, 0.1) is 0 Å². The van der Waals surface area contributed by atoms with Crippen molar-refractivity contribution in [2.75, 3.05) is 52.4 Å². The minimum absolute atomic E-state index is 0.142. The minimum atomic E-state index is -0.157. The van der Waals surface area contributed by atoms with Crippen LogP contribution in [0.15, 0.2) is 72.0 Å². The fourth-order valence-corrected chi connectivity index (χ4v) is 4.29. The normalized spacial score (nSPS) is 13.5. The molecule has 0 saturated carbocycles. The molecule has 33 heavy (non-hydrogen) atoms. The SMILES string of the molecule is CC(=O)Nc1cccc(NC(=O)CSc2cc(N3CCN(c4ccccc4)CC3)ncn2)c1. The molecule has 1 aliphatic heterocycles.